The highest BCUT2D eigenvalue weighted by molar-refractivity contribution is 5.32. The van der Waals surface area contributed by atoms with Crippen LogP contribution in [0.15, 0.2) is 18.2 Å². The number of aryl methyl sites for hydroxylation is 2. The molecule has 0 nitrogen and oxygen atoms in total. The molecule has 0 heterocycles. The van der Waals surface area contributed by atoms with E-state index < -0.39 is 0 Å². The molecule has 0 bridgehead atoms. The zero-order valence-electron chi connectivity index (χ0n) is 10.9. The Morgan fingerprint density at radius 1 is 1.13 bits per heavy atom. The quantitative estimate of drug-likeness (QED) is 0.678. The highest BCUT2D eigenvalue weighted by atomic mass is 14.2. The van der Waals surface area contributed by atoms with Crippen LogP contribution in [0.3, 0.4) is 0 Å². The number of hydrogen-bond acceptors (Lipinski definition) is 0. The molecule has 0 aliphatic rings. The molecule has 0 saturated carbocycles. The molecule has 0 spiro atoms. The van der Waals surface area contributed by atoms with Gasteiger partial charge in [-0.3, -0.25) is 0 Å². The fourth-order valence-corrected chi connectivity index (χ4v) is 1.93. The molecule has 0 amide bonds. The van der Waals surface area contributed by atoms with Crippen LogP contribution < -0.4 is 0 Å². The first-order valence-corrected chi connectivity index (χ1v) is 6.01. The lowest BCUT2D eigenvalue weighted by molar-refractivity contribution is 0.410. The zero-order chi connectivity index (χ0) is 11.5. The van der Waals surface area contributed by atoms with E-state index in [1.54, 1.807) is 0 Å². The van der Waals surface area contributed by atoms with Crippen LogP contribution in [0.4, 0.5) is 0 Å². The Balaban J connectivity index is 2.90. The lowest BCUT2D eigenvalue weighted by Gasteiger charge is -2.20. The maximum atomic E-state index is 2.39. The summed E-state index contributed by atoms with van der Waals surface area (Å²) in [7, 11) is 0. The molecule has 84 valence electrons. The van der Waals surface area contributed by atoms with Crippen LogP contribution in [-0.4, -0.2) is 0 Å². The van der Waals surface area contributed by atoms with E-state index in [9.17, 15) is 0 Å². The van der Waals surface area contributed by atoms with E-state index in [4.69, 9.17) is 0 Å². The molecule has 0 atom stereocenters. The molecule has 1 aromatic rings. The Bertz CT molecular complexity index is 315. The number of benzene rings is 1. The first-order chi connectivity index (χ1) is 6.92. The maximum Gasteiger partial charge on any atom is -0.0227 e. The van der Waals surface area contributed by atoms with Crippen molar-refractivity contribution < 1.29 is 0 Å². The third-order valence-electron chi connectivity index (χ3n) is 2.67. The molecule has 0 heteroatoms. The smallest absolute Gasteiger partial charge is 0.0227 e. The predicted octanol–water partition coefficient (Wildman–Crippen LogP) is 4.54. The van der Waals surface area contributed by atoms with Gasteiger partial charge in [-0.2, -0.15) is 0 Å². The lowest BCUT2D eigenvalue weighted by Crippen LogP contribution is -2.10. The van der Waals surface area contributed by atoms with Gasteiger partial charge in [0.05, 0.1) is 0 Å². The van der Waals surface area contributed by atoms with E-state index in [1.807, 2.05) is 0 Å². The van der Waals surface area contributed by atoms with Gasteiger partial charge in [0.1, 0.15) is 0 Å². The fourth-order valence-electron chi connectivity index (χ4n) is 1.93. The predicted molar refractivity (Wildman–Crippen MR) is 68.3 cm³/mol. The maximum absolute atomic E-state index is 2.39. The molecule has 15 heavy (non-hydrogen) atoms. The van der Waals surface area contributed by atoms with E-state index in [2.05, 4.69) is 52.8 Å². The third-order valence-corrected chi connectivity index (χ3v) is 2.67. The van der Waals surface area contributed by atoms with Crippen LogP contribution in [0.5, 0.6) is 0 Å². The molecule has 1 rings (SSSR count). The van der Waals surface area contributed by atoms with E-state index in [0.29, 0.717) is 5.41 Å². The summed E-state index contributed by atoms with van der Waals surface area (Å²) in [6, 6.07) is 6.93. The third kappa shape index (κ3) is 4.07. The summed E-state index contributed by atoms with van der Waals surface area (Å²) < 4.78 is 0. The van der Waals surface area contributed by atoms with Crippen molar-refractivity contribution in [3.05, 3.63) is 34.9 Å². The highest BCUT2D eigenvalue weighted by Gasteiger charge is 2.12. The van der Waals surface area contributed by atoms with Crippen molar-refractivity contribution in [1.29, 1.82) is 0 Å². The molecule has 0 fully saturated rings. The van der Waals surface area contributed by atoms with Crippen LogP contribution in [0.25, 0.3) is 0 Å². The van der Waals surface area contributed by atoms with E-state index >= 15 is 0 Å². The second-order valence-electron chi connectivity index (χ2n) is 5.75. The molecule has 1 aromatic carbocycles. The van der Waals surface area contributed by atoms with Crippen molar-refractivity contribution in [2.24, 2.45) is 5.41 Å². The monoisotopic (exact) mass is 204 g/mol. The molecular weight excluding hydrogens is 180 g/mol. The van der Waals surface area contributed by atoms with Gasteiger partial charge in [-0.05, 0) is 41.9 Å². The SMILES string of the molecule is CCCc1ccc(C)c(CC(C)(C)C)c1. The zero-order valence-corrected chi connectivity index (χ0v) is 10.9. The Kier molecular flexibility index (Phi) is 3.96. The molecule has 0 unspecified atom stereocenters. The minimum atomic E-state index is 0.385. The minimum absolute atomic E-state index is 0.385. The molecule has 0 aliphatic heterocycles. The van der Waals surface area contributed by atoms with Crippen molar-refractivity contribution in [2.45, 2.75) is 53.9 Å². The molecule has 0 saturated heterocycles. The summed E-state index contributed by atoms with van der Waals surface area (Å²) in [5.41, 5.74) is 4.83. The first-order valence-electron chi connectivity index (χ1n) is 6.01. The van der Waals surface area contributed by atoms with Crippen molar-refractivity contribution >= 4 is 0 Å². The summed E-state index contributed by atoms with van der Waals surface area (Å²) in [4.78, 5) is 0. The Morgan fingerprint density at radius 2 is 1.80 bits per heavy atom. The van der Waals surface area contributed by atoms with Crippen molar-refractivity contribution in [3.63, 3.8) is 0 Å². The van der Waals surface area contributed by atoms with Crippen molar-refractivity contribution in [1.82, 2.24) is 0 Å². The minimum Gasteiger partial charge on any atom is -0.0651 e. The van der Waals surface area contributed by atoms with Crippen molar-refractivity contribution in [2.75, 3.05) is 0 Å². The molecular formula is C15H24. The fraction of sp³-hybridized carbons (Fsp3) is 0.600. The van der Waals surface area contributed by atoms with Gasteiger partial charge in [-0.15, -0.1) is 0 Å². The summed E-state index contributed by atoms with van der Waals surface area (Å²) in [6.07, 6.45) is 3.62. The van der Waals surface area contributed by atoms with Gasteiger partial charge < -0.3 is 0 Å². The molecule has 0 aromatic heterocycles. The van der Waals surface area contributed by atoms with Crippen LogP contribution in [0.2, 0.25) is 0 Å². The summed E-state index contributed by atoms with van der Waals surface area (Å²) in [6.45, 7) is 11.4. The van der Waals surface area contributed by atoms with Crippen LogP contribution in [0, 0.1) is 12.3 Å². The molecule has 0 N–H and O–H groups in total. The Hall–Kier alpha value is -0.780. The van der Waals surface area contributed by atoms with Crippen LogP contribution in [0.1, 0.15) is 50.8 Å². The Morgan fingerprint density at radius 3 is 2.33 bits per heavy atom. The molecule has 0 radical (unpaired) electrons. The standard InChI is InChI=1S/C15H24/c1-6-7-13-9-8-12(2)14(10-13)11-15(3,4)5/h8-10H,6-7,11H2,1-5H3. The molecule has 0 aliphatic carbocycles. The van der Waals surface area contributed by atoms with Gasteiger partial charge in [0.25, 0.3) is 0 Å². The summed E-state index contributed by atoms with van der Waals surface area (Å²) >= 11 is 0. The highest BCUT2D eigenvalue weighted by Crippen LogP contribution is 2.23. The second-order valence-corrected chi connectivity index (χ2v) is 5.75. The van der Waals surface area contributed by atoms with E-state index in [1.165, 1.54) is 36.0 Å². The van der Waals surface area contributed by atoms with Gasteiger partial charge in [0.15, 0.2) is 0 Å². The lowest BCUT2D eigenvalue weighted by atomic mass is 9.85. The van der Waals surface area contributed by atoms with Crippen LogP contribution in [-0.2, 0) is 12.8 Å². The van der Waals surface area contributed by atoms with Crippen LogP contribution >= 0.6 is 0 Å². The number of rotatable bonds is 3. The van der Waals surface area contributed by atoms with Gasteiger partial charge >= 0.3 is 0 Å². The van der Waals surface area contributed by atoms with E-state index in [0.717, 1.165) is 0 Å². The van der Waals surface area contributed by atoms with Crippen molar-refractivity contribution in [3.8, 4) is 0 Å². The summed E-state index contributed by atoms with van der Waals surface area (Å²) in [5.74, 6) is 0. The van der Waals surface area contributed by atoms with Gasteiger partial charge in [-0.25, -0.2) is 0 Å². The largest absolute Gasteiger partial charge is 0.0651 e. The summed E-state index contributed by atoms with van der Waals surface area (Å²) in [5, 5.41) is 0. The first kappa shape index (κ1) is 12.3. The number of hydrogen-bond donors (Lipinski definition) is 0. The average Bonchev–Trinajstić information content (AvgIpc) is 2.09. The van der Waals surface area contributed by atoms with E-state index in [-0.39, 0.29) is 0 Å². The average molecular weight is 204 g/mol. The second kappa shape index (κ2) is 4.83. The topological polar surface area (TPSA) is 0 Å². The van der Waals surface area contributed by atoms with Gasteiger partial charge in [-0.1, -0.05) is 52.3 Å². The normalized spacial score (nSPS) is 11.8. The Labute approximate surface area is 94.7 Å². The van der Waals surface area contributed by atoms with Gasteiger partial charge in [0, 0.05) is 0 Å². The van der Waals surface area contributed by atoms with Gasteiger partial charge in [0.2, 0.25) is 0 Å².